The Bertz CT molecular complexity index is 381. The topological polar surface area (TPSA) is 78.4 Å². The van der Waals surface area contributed by atoms with E-state index in [0.29, 0.717) is 5.56 Å². The summed E-state index contributed by atoms with van der Waals surface area (Å²) in [5.74, 6) is -0.468. The molecule has 0 aliphatic rings. The summed E-state index contributed by atoms with van der Waals surface area (Å²) in [6.07, 6.45) is -1.30. The van der Waals surface area contributed by atoms with Gasteiger partial charge in [0.2, 0.25) is 0 Å². The molecule has 1 aromatic rings. The van der Waals surface area contributed by atoms with Gasteiger partial charge < -0.3 is 5.11 Å². The Kier molecular flexibility index (Phi) is 3.28. The van der Waals surface area contributed by atoms with Crippen molar-refractivity contribution in [2.45, 2.75) is 13.8 Å². The zero-order valence-electron chi connectivity index (χ0n) is 8.50. The number of amides is 2. The number of nitrogens with one attached hydrogen (secondary N) is 2. The van der Waals surface area contributed by atoms with Gasteiger partial charge in [-0.25, -0.2) is 10.2 Å². The number of carboxylic acid groups (broad SMARTS) is 1. The highest BCUT2D eigenvalue weighted by Crippen LogP contribution is 2.08. The van der Waals surface area contributed by atoms with Crippen molar-refractivity contribution in [1.82, 2.24) is 10.9 Å². The molecule has 1 aromatic carbocycles. The highest BCUT2D eigenvalue weighted by atomic mass is 16.4. The molecule has 0 atom stereocenters. The smallest absolute Gasteiger partial charge is 0.423 e. The second-order valence-corrected chi connectivity index (χ2v) is 3.26. The van der Waals surface area contributed by atoms with Gasteiger partial charge in [-0.15, -0.1) is 0 Å². The van der Waals surface area contributed by atoms with Gasteiger partial charge in [-0.2, -0.15) is 0 Å². The van der Waals surface area contributed by atoms with Crippen LogP contribution in [-0.2, 0) is 0 Å². The van der Waals surface area contributed by atoms with Gasteiger partial charge in [0.25, 0.3) is 5.91 Å². The molecule has 0 saturated heterocycles. The fourth-order valence-corrected chi connectivity index (χ4v) is 1.29. The number of hydrogen-bond donors (Lipinski definition) is 3. The van der Waals surface area contributed by atoms with Crippen LogP contribution in [0.25, 0.3) is 0 Å². The lowest BCUT2D eigenvalue weighted by Gasteiger charge is -2.05. The molecule has 0 fully saturated rings. The quantitative estimate of drug-likeness (QED) is 0.607. The highest BCUT2D eigenvalue weighted by Gasteiger charge is 2.06. The number of carbonyl (C=O) groups is 2. The first-order valence-corrected chi connectivity index (χ1v) is 4.36. The maximum absolute atomic E-state index is 11.4. The number of hydrazine groups is 1. The second kappa shape index (κ2) is 4.45. The van der Waals surface area contributed by atoms with Gasteiger partial charge in [0, 0.05) is 5.56 Å². The van der Waals surface area contributed by atoms with Crippen LogP contribution >= 0.6 is 0 Å². The van der Waals surface area contributed by atoms with E-state index in [1.807, 2.05) is 19.9 Å². The number of benzene rings is 1. The number of aryl methyl sites for hydroxylation is 2. The number of rotatable bonds is 1. The SMILES string of the molecule is Cc1cc(C)cc(C(=O)NNC(=O)O)c1. The standard InChI is InChI=1S/C10H12N2O3/c1-6-3-7(2)5-8(4-6)9(13)11-12-10(14)15/h3-5,12H,1-2H3,(H,11,13)(H,14,15). The van der Waals surface area contributed by atoms with E-state index in [-0.39, 0.29) is 0 Å². The predicted molar refractivity (Wildman–Crippen MR) is 54.5 cm³/mol. The molecule has 0 aliphatic carbocycles. The molecule has 0 saturated carbocycles. The highest BCUT2D eigenvalue weighted by molar-refractivity contribution is 5.95. The Balaban J connectivity index is 2.77. The summed E-state index contributed by atoms with van der Waals surface area (Å²) in [6.45, 7) is 3.74. The maximum atomic E-state index is 11.4. The van der Waals surface area contributed by atoms with Crippen LogP contribution in [0.1, 0.15) is 21.5 Å². The van der Waals surface area contributed by atoms with Gasteiger partial charge >= 0.3 is 6.09 Å². The lowest BCUT2D eigenvalue weighted by Crippen LogP contribution is -2.40. The molecule has 0 bridgehead atoms. The minimum Gasteiger partial charge on any atom is -0.464 e. The summed E-state index contributed by atoms with van der Waals surface area (Å²) in [5, 5.41) is 8.29. The largest absolute Gasteiger partial charge is 0.464 e. The van der Waals surface area contributed by atoms with E-state index < -0.39 is 12.0 Å². The molecule has 0 aliphatic heterocycles. The number of hydrogen-bond acceptors (Lipinski definition) is 2. The second-order valence-electron chi connectivity index (χ2n) is 3.26. The molecule has 0 heterocycles. The normalized spacial score (nSPS) is 9.47. The molecular weight excluding hydrogens is 196 g/mol. The van der Waals surface area contributed by atoms with Gasteiger partial charge in [-0.1, -0.05) is 17.2 Å². The van der Waals surface area contributed by atoms with Crippen LogP contribution < -0.4 is 10.9 Å². The Morgan fingerprint density at radius 1 is 1.07 bits per heavy atom. The fourth-order valence-electron chi connectivity index (χ4n) is 1.29. The van der Waals surface area contributed by atoms with Crippen molar-refractivity contribution in [3.8, 4) is 0 Å². The average Bonchev–Trinajstić information content (AvgIpc) is 2.12. The molecule has 5 heteroatoms. The van der Waals surface area contributed by atoms with Crippen LogP contribution in [0.4, 0.5) is 4.79 Å². The predicted octanol–water partition coefficient (Wildman–Crippen LogP) is 1.22. The van der Waals surface area contributed by atoms with Crippen molar-refractivity contribution in [2.75, 3.05) is 0 Å². The third-order valence-electron chi connectivity index (χ3n) is 1.77. The summed E-state index contributed by atoms with van der Waals surface area (Å²) in [5.41, 5.74) is 6.20. The molecule has 15 heavy (non-hydrogen) atoms. The molecule has 1 rings (SSSR count). The summed E-state index contributed by atoms with van der Waals surface area (Å²) in [7, 11) is 0. The van der Waals surface area contributed by atoms with Crippen molar-refractivity contribution in [3.63, 3.8) is 0 Å². The van der Waals surface area contributed by atoms with Crippen molar-refractivity contribution < 1.29 is 14.7 Å². The molecule has 0 radical (unpaired) electrons. The third kappa shape index (κ3) is 3.30. The summed E-state index contributed by atoms with van der Waals surface area (Å²) < 4.78 is 0. The average molecular weight is 208 g/mol. The van der Waals surface area contributed by atoms with E-state index in [1.165, 1.54) is 0 Å². The maximum Gasteiger partial charge on any atom is 0.423 e. The van der Waals surface area contributed by atoms with E-state index in [9.17, 15) is 9.59 Å². The van der Waals surface area contributed by atoms with Crippen molar-refractivity contribution in [1.29, 1.82) is 0 Å². The zero-order valence-corrected chi connectivity index (χ0v) is 8.50. The van der Waals surface area contributed by atoms with Crippen molar-refractivity contribution >= 4 is 12.0 Å². The van der Waals surface area contributed by atoms with Gasteiger partial charge in [-0.05, 0) is 26.0 Å². The van der Waals surface area contributed by atoms with Crippen molar-refractivity contribution in [3.05, 3.63) is 34.9 Å². The molecule has 0 spiro atoms. The summed E-state index contributed by atoms with van der Waals surface area (Å²) in [6, 6.07) is 5.30. The first-order valence-electron chi connectivity index (χ1n) is 4.36. The van der Waals surface area contributed by atoms with E-state index >= 15 is 0 Å². The van der Waals surface area contributed by atoms with Crippen LogP contribution in [-0.4, -0.2) is 17.1 Å². The summed E-state index contributed by atoms with van der Waals surface area (Å²) >= 11 is 0. The van der Waals surface area contributed by atoms with Gasteiger partial charge in [-0.3, -0.25) is 10.2 Å². The monoisotopic (exact) mass is 208 g/mol. The van der Waals surface area contributed by atoms with Crippen LogP contribution in [0, 0.1) is 13.8 Å². The van der Waals surface area contributed by atoms with Gasteiger partial charge in [0.1, 0.15) is 0 Å². The Morgan fingerprint density at radius 2 is 1.60 bits per heavy atom. The van der Waals surface area contributed by atoms with E-state index in [4.69, 9.17) is 5.11 Å². The molecule has 0 unspecified atom stereocenters. The molecule has 5 nitrogen and oxygen atoms in total. The fraction of sp³-hybridized carbons (Fsp3) is 0.200. The lowest BCUT2D eigenvalue weighted by molar-refractivity contribution is 0.0926. The summed E-state index contributed by atoms with van der Waals surface area (Å²) in [4.78, 5) is 21.6. The minimum absolute atomic E-state index is 0.432. The van der Waals surface area contributed by atoms with E-state index in [1.54, 1.807) is 17.6 Å². The van der Waals surface area contributed by atoms with Gasteiger partial charge in [0.15, 0.2) is 0 Å². The Morgan fingerprint density at radius 3 is 2.07 bits per heavy atom. The van der Waals surface area contributed by atoms with E-state index in [0.717, 1.165) is 11.1 Å². The van der Waals surface area contributed by atoms with Crippen LogP contribution in [0.3, 0.4) is 0 Å². The van der Waals surface area contributed by atoms with Crippen molar-refractivity contribution in [2.24, 2.45) is 0 Å². The Labute approximate surface area is 87.1 Å². The lowest BCUT2D eigenvalue weighted by atomic mass is 10.1. The first kappa shape index (κ1) is 11.0. The number of carbonyl (C=O) groups excluding carboxylic acids is 1. The van der Waals surface area contributed by atoms with Crippen LogP contribution in [0.15, 0.2) is 18.2 Å². The minimum atomic E-state index is -1.30. The third-order valence-corrected chi connectivity index (χ3v) is 1.77. The molecule has 0 aromatic heterocycles. The first-order chi connectivity index (χ1) is 6.99. The molecule has 80 valence electrons. The zero-order chi connectivity index (χ0) is 11.4. The van der Waals surface area contributed by atoms with Crippen LogP contribution in [0.2, 0.25) is 0 Å². The van der Waals surface area contributed by atoms with Gasteiger partial charge in [0.05, 0.1) is 0 Å². The molecular formula is C10H12N2O3. The Hall–Kier alpha value is -2.04. The van der Waals surface area contributed by atoms with E-state index in [2.05, 4.69) is 5.43 Å². The molecule has 3 N–H and O–H groups in total. The molecule has 2 amide bonds. The van der Waals surface area contributed by atoms with Crippen LogP contribution in [0.5, 0.6) is 0 Å².